The van der Waals surface area contributed by atoms with Gasteiger partial charge in [-0.1, -0.05) is 24.6 Å². The third-order valence-electron chi connectivity index (χ3n) is 6.88. The minimum atomic E-state index is -4.82. The number of benzene rings is 1. The number of hydrogen-bond acceptors (Lipinski definition) is 8. The first kappa shape index (κ1) is 25.9. The van der Waals surface area contributed by atoms with E-state index in [0.717, 1.165) is 31.9 Å². The van der Waals surface area contributed by atoms with E-state index in [1.54, 1.807) is 6.07 Å². The number of alkyl halides is 3. The number of nitrogens with one attached hydrogen (secondary N) is 2. The Bertz CT molecular complexity index is 1020. The van der Waals surface area contributed by atoms with E-state index in [1.807, 2.05) is 0 Å². The smallest absolute Gasteiger partial charge is 0.405 e. The van der Waals surface area contributed by atoms with Crippen molar-refractivity contribution in [2.45, 2.75) is 63.9 Å². The summed E-state index contributed by atoms with van der Waals surface area (Å²) in [5.41, 5.74) is 0.000102. The fourth-order valence-electron chi connectivity index (χ4n) is 5.01. The van der Waals surface area contributed by atoms with Crippen LogP contribution < -0.4 is 15.4 Å². The Hall–Kier alpha value is -3.15. The fraction of sp³-hybridized carbons (Fsp3) is 0.583. The molecular formula is C24H31F3N6O3. The number of nitro groups is 1. The largest absolute Gasteiger partial charge is 0.573 e. The van der Waals surface area contributed by atoms with Gasteiger partial charge in [0.15, 0.2) is 0 Å². The first-order valence-corrected chi connectivity index (χ1v) is 12.4. The molecule has 2 aliphatic rings. The van der Waals surface area contributed by atoms with Gasteiger partial charge in [-0.05, 0) is 63.6 Å². The standard InChI is InChI=1S/C24H31F3N6O3/c25-24(26,27)36-21-7-3-2-6-18(21)15-29-23-30-16-20(33(34)35)22(31-23)28-14-17-8-10-19(11-9-17)32-12-4-1-5-13-32/h2-3,6-7,16-17,19H,1,4-5,8-15H2,(H2,28,29,30,31). The van der Waals surface area contributed by atoms with Crippen LogP contribution in [0.5, 0.6) is 5.75 Å². The fourth-order valence-corrected chi connectivity index (χ4v) is 5.01. The van der Waals surface area contributed by atoms with Crippen LogP contribution in [0.15, 0.2) is 30.5 Å². The lowest BCUT2D eigenvalue weighted by Crippen LogP contribution is -2.41. The van der Waals surface area contributed by atoms with E-state index in [4.69, 9.17) is 0 Å². The highest BCUT2D eigenvalue weighted by molar-refractivity contribution is 5.57. The molecule has 1 saturated heterocycles. The summed E-state index contributed by atoms with van der Waals surface area (Å²) >= 11 is 0. The van der Waals surface area contributed by atoms with Crippen molar-refractivity contribution in [3.8, 4) is 5.75 Å². The first-order chi connectivity index (χ1) is 17.3. The van der Waals surface area contributed by atoms with Crippen LogP contribution >= 0.6 is 0 Å². The highest BCUT2D eigenvalue weighted by Crippen LogP contribution is 2.31. The van der Waals surface area contributed by atoms with Crippen LogP contribution in [0, 0.1) is 16.0 Å². The molecule has 1 aromatic heterocycles. The van der Waals surface area contributed by atoms with Gasteiger partial charge in [-0.2, -0.15) is 4.98 Å². The number of anilines is 2. The van der Waals surface area contributed by atoms with Crippen molar-refractivity contribution in [3.05, 3.63) is 46.1 Å². The normalized spacial score (nSPS) is 21.1. The second-order valence-corrected chi connectivity index (χ2v) is 9.35. The molecule has 0 radical (unpaired) electrons. The van der Waals surface area contributed by atoms with Gasteiger partial charge in [0.25, 0.3) is 0 Å². The molecule has 1 aliphatic heterocycles. The quantitative estimate of drug-likeness (QED) is 0.345. The molecule has 1 saturated carbocycles. The molecule has 1 aliphatic carbocycles. The van der Waals surface area contributed by atoms with Crippen LogP contribution in [0.4, 0.5) is 30.6 Å². The maximum atomic E-state index is 12.7. The van der Waals surface area contributed by atoms with Gasteiger partial charge in [0.1, 0.15) is 11.9 Å². The Balaban J connectivity index is 1.35. The number of nitrogens with zero attached hydrogens (tertiary/aromatic N) is 4. The van der Waals surface area contributed by atoms with Crippen LogP contribution in [0.2, 0.25) is 0 Å². The number of halogens is 3. The number of likely N-dealkylation sites (tertiary alicyclic amines) is 1. The molecule has 4 rings (SSSR count). The zero-order valence-electron chi connectivity index (χ0n) is 20.0. The first-order valence-electron chi connectivity index (χ1n) is 12.4. The molecule has 0 spiro atoms. The van der Waals surface area contributed by atoms with Crippen molar-refractivity contribution in [3.63, 3.8) is 0 Å². The number of para-hydroxylation sites is 1. The molecule has 2 N–H and O–H groups in total. The second kappa shape index (κ2) is 11.7. The Morgan fingerprint density at radius 2 is 1.81 bits per heavy atom. The summed E-state index contributed by atoms with van der Waals surface area (Å²) in [4.78, 5) is 21.8. The summed E-state index contributed by atoms with van der Waals surface area (Å²) in [6, 6.07) is 6.36. The minimum Gasteiger partial charge on any atom is -0.405 e. The highest BCUT2D eigenvalue weighted by atomic mass is 19.4. The van der Waals surface area contributed by atoms with E-state index in [-0.39, 0.29) is 35.3 Å². The van der Waals surface area contributed by atoms with Crippen molar-refractivity contribution < 1.29 is 22.8 Å². The van der Waals surface area contributed by atoms with Crippen molar-refractivity contribution in [2.24, 2.45) is 5.92 Å². The minimum absolute atomic E-state index is 0.0516. The van der Waals surface area contributed by atoms with Crippen LogP contribution in [-0.4, -0.2) is 51.8 Å². The van der Waals surface area contributed by atoms with Crippen LogP contribution in [-0.2, 0) is 6.54 Å². The van der Waals surface area contributed by atoms with Gasteiger partial charge >= 0.3 is 12.0 Å². The lowest BCUT2D eigenvalue weighted by molar-refractivity contribution is -0.384. The van der Waals surface area contributed by atoms with Crippen molar-refractivity contribution >= 4 is 17.5 Å². The zero-order valence-corrected chi connectivity index (χ0v) is 20.0. The maximum Gasteiger partial charge on any atom is 0.573 e. The van der Waals surface area contributed by atoms with Gasteiger partial charge < -0.3 is 20.3 Å². The lowest BCUT2D eigenvalue weighted by Gasteiger charge is -2.39. The molecule has 196 valence electrons. The second-order valence-electron chi connectivity index (χ2n) is 9.35. The summed E-state index contributed by atoms with van der Waals surface area (Å²) in [6.07, 6.45) is 4.51. The average molecular weight is 509 g/mol. The van der Waals surface area contributed by atoms with E-state index in [1.165, 1.54) is 50.6 Å². The van der Waals surface area contributed by atoms with E-state index < -0.39 is 11.3 Å². The molecule has 0 atom stereocenters. The zero-order chi connectivity index (χ0) is 25.5. The van der Waals surface area contributed by atoms with Crippen LogP contribution in [0.3, 0.4) is 0 Å². The molecule has 36 heavy (non-hydrogen) atoms. The van der Waals surface area contributed by atoms with E-state index in [0.29, 0.717) is 18.5 Å². The van der Waals surface area contributed by atoms with Crippen LogP contribution in [0.1, 0.15) is 50.5 Å². The van der Waals surface area contributed by atoms with Gasteiger partial charge in [0, 0.05) is 24.7 Å². The summed E-state index contributed by atoms with van der Waals surface area (Å²) < 4.78 is 42.1. The summed E-state index contributed by atoms with van der Waals surface area (Å²) in [7, 11) is 0. The third kappa shape index (κ3) is 7.19. The average Bonchev–Trinajstić information content (AvgIpc) is 2.87. The topological polar surface area (TPSA) is 105 Å². The Morgan fingerprint density at radius 1 is 1.08 bits per heavy atom. The van der Waals surface area contributed by atoms with Gasteiger partial charge in [-0.25, -0.2) is 4.98 Å². The molecule has 0 unspecified atom stereocenters. The Kier molecular flexibility index (Phi) is 8.44. The number of aromatic nitrogens is 2. The molecular weight excluding hydrogens is 477 g/mol. The van der Waals surface area contributed by atoms with E-state index >= 15 is 0 Å². The Morgan fingerprint density at radius 3 is 2.50 bits per heavy atom. The van der Waals surface area contributed by atoms with Gasteiger partial charge in [0.2, 0.25) is 11.8 Å². The summed E-state index contributed by atoms with van der Waals surface area (Å²) in [5.74, 6) is 0.218. The number of hydrogen-bond donors (Lipinski definition) is 2. The van der Waals surface area contributed by atoms with Gasteiger partial charge in [-0.3, -0.25) is 10.1 Å². The number of rotatable bonds is 9. The van der Waals surface area contributed by atoms with Crippen molar-refractivity contribution in [1.29, 1.82) is 0 Å². The molecule has 2 heterocycles. The monoisotopic (exact) mass is 508 g/mol. The van der Waals surface area contributed by atoms with Gasteiger partial charge in [0.05, 0.1) is 4.92 Å². The maximum absolute atomic E-state index is 12.7. The molecule has 0 bridgehead atoms. The lowest BCUT2D eigenvalue weighted by atomic mass is 9.84. The summed E-state index contributed by atoms with van der Waals surface area (Å²) in [5, 5.41) is 17.5. The van der Waals surface area contributed by atoms with E-state index in [9.17, 15) is 23.3 Å². The molecule has 2 fully saturated rings. The van der Waals surface area contributed by atoms with Crippen molar-refractivity contribution in [1.82, 2.24) is 14.9 Å². The predicted molar refractivity (Wildman–Crippen MR) is 129 cm³/mol. The SMILES string of the molecule is O=[N+]([O-])c1cnc(NCc2ccccc2OC(F)(F)F)nc1NCC1CCC(N2CCCCC2)CC1. The highest BCUT2D eigenvalue weighted by Gasteiger charge is 2.32. The molecule has 0 amide bonds. The number of ether oxygens (including phenoxy) is 1. The molecule has 2 aromatic rings. The third-order valence-corrected chi connectivity index (χ3v) is 6.88. The summed E-state index contributed by atoms with van der Waals surface area (Å²) in [6.45, 7) is 2.88. The number of piperidine rings is 1. The Labute approximate surface area is 207 Å². The van der Waals surface area contributed by atoms with Gasteiger partial charge in [-0.15, -0.1) is 13.2 Å². The van der Waals surface area contributed by atoms with E-state index in [2.05, 4.69) is 30.2 Å². The molecule has 9 nitrogen and oxygen atoms in total. The van der Waals surface area contributed by atoms with Crippen molar-refractivity contribution in [2.75, 3.05) is 30.3 Å². The molecule has 12 heteroatoms. The van der Waals surface area contributed by atoms with Crippen LogP contribution in [0.25, 0.3) is 0 Å². The predicted octanol–water partition coefficient (Wildman–Crippen LogP) is 5.35. The molecule has 1 aromatic carbocycles.